The largest absolute Gasteiger partial charge is 0.346 e. The van der Waals surface area contributed by atoms with E-state index >= 15 is 0 Å². The topological polar surface area (TPSA) is 71.1 Å². The third-order valence-electron chi connectivity index (χ3n) is 4.30. The van der Waals surface area contributed by atoms with Gasteiger partial charge in [-0.05, 0) is 43.7 Å². The predicted molar refractivity (Wildman–Crippen MR) is 110 cm³/mol. The number of carbonyl (C=O) groups excluding carboxylic acids is 2. The van der Waals surface area contributed by atoms with Crippen LogP contribution in [0, 0.1) is 24.4 Å². The molecule has 3 aromatic rings. The molecule has 156 valence electrons. The Morgan fingerprint density at radius 3 is 2.60 bits per heavy atom. The normalized spacial score (nSPS) is 11.9. The van der Waals surface area contributed by atoms with Crippen LogP contribution < -0.4 is 10.6 Å². The van der Waals surface area contributed by atoms with Crippen LogP contribution >= 0.6 is 11.8 Å². The van der Waals surface area contributed by atoms with E-state index < -0.39 is 46.7 Å². The fourth-order valence-electron chi connectivity index (χ4n) is 2.74. The van der Waals surface area contributed by atoms with Crippen LogP contribution in [0.1, 0.15) is 12.5 Å². The summed E-state index contributed by atoms with van der Waals surface area (Å²) in [6.07, 6.45) is 0. The van der Waals surface area contributed by atoms with Crippen LogP contribution in [0.3, 0.4) is 0 Å². The second-order valence-corrected chi connectivity index (χ2v) is 7.90. The lowest BCUT2D eigenvalue weighted by atomic mass is 10.1. The number of halogens is 3. The van der Waals surface area contributed by atoms with Crippen LogP contribution in [0.2, 0.25) is 0 Å². The molecule has 0 aliphatic carbocycles. The molecule has 2 N–H and O–H groups in total. The van der Waals surface area contributed by atoms with E-state index in [0.29, 0.717) is 11.1 Å². The second-order valence-electron chi connectivity index (χ2n) is 6.54. The molecular formula is C21H18F3N3O2S. The van der Waals surface area contributed by atoms with Crippen LogP contribution in [0.15, 0.2) is 47.5 Å². The number of fused-ring (bicyclic) bond motifs is 1. The smallest absolute Gasteiger partial charge is 0.243 e. The molecule has 5 nitrogen and oxygen atoms in total. The van der Waals surface area contributed by atoms with Crippen molar-refractivity contribution in [1.29, 1.82) is 0 Å². The molecule has 2 aromatic carbocycles. The molecule has 3 rings (SSSR count). The van der Waals surface area contributed by atoms with E-state index in [0.717, 1.165) is 22.5 Å². The van der Waals surface area contributed by atoms with Crippen molar-refractivity contribution in [3.8, 4) is 0 Å². The van der Waals surface area contributed by atoms with Gasteiger partial charge in [0, 0.05) is 5.39 Å². The zero-order valence-electron chi connectivity index (χ0n) is 16.1. The fourth-order valence-corrected chi connectivity index (χ4v) is 3.69. The molecule has 30 heavy (non-hydrogen) atoms. The Morgan fingerprint density at radius 1 is 1.10 bits per heavy atom. The van der Waals surface area contributed by atoms with Crippen LogP contribution in [-0.2, 0) is 9.59 Å². The van der Waals surface area contributed by atoms with E-state index in [1.807, 2.05) is 37.3 Å². The summed E-state index contributed by atoms with van der Waals surface area (Å²) in [6, 6.07) is 11.2. The number of hydrogen-bond acceptors (Lipinski definition) is 4. The lowest BCUT2D eigenvalue weighted by Crippen LogP contribution is -2.37. The van der Waals surface area contributed by atoms with Gasteiger partial charge in [0.15, 0.2) is 17.5 Å². The zero-order chi connectivity index (χ0) is 21.8. The van der Waals surface area contributed by atoms with Crippen LogP contribution in [0.25, 0.3) is 10.9 Å². The first-order chi connectivity index (χ1) is 14.3. The van der Waals surface area contributed by atoms with Crippen molar-refractivity contribution in [1.82, 2.24) is 10.3 Å². The minimum Gasteiger partial charge on any atom is -0.346 e. The van der Waals surface area contributed by atoms with E-state index in [1.165, 1.54) is 11.8 Å². The molecule has 1 atom stereocenters. The first kappa shape index (κ1) is 21.6. The Bertz CT molecular complexity index is 1120. The van der Waals surface area contributed by atoms with Crippen molar-refractivity contribution in [3.05, 3.63) is 65.5 Å². The van der Waals surface area contributed by atoms with Gasteiger partial charge < -0.3 is 10.6 Å². The van der Waals surface area contributed by atoms with Gasteiger partial charge in [-0.3, -0.25) is 9.59 Å². The van der Waals surface area contributed by atoms with Gasteiger partial charge in [-0.1, -0.05) is 30.0 Å². The highest BCUT2D eigenvalue weighted by Crippen LogP contribution is 2.26. The number of aryl methyl sites for hydroxylation is 1. The quantitative estimate of drug-likeness (QED) is 0.452. The highest BCUT2D eigenvalue weighted by Gasteiger charge is 2.18. The number of nitrogens with one attached hydrogen (secondary N) is 2. The Balaban J connectivity index is 1.57. The predicted octanol–water partition coefficient (Wildman–Crippen LogP) is 4.20. The number of para-hydroxylation sites is 1. The number of amides is 2. The Hall–Kier alpha value is -3.07. The lowest BCUT2D eigenvalue weighted by molar-refractivity contribution is -0.123. The van der Waals surface area contributed by atoms with Crippen molar-refractivity contribution in [2.24, 2.45) is 0 Å². The summed E-state index contributed by atoms with van der Waals surface area (Å²) in [6.45, 7) is 3.17. The number of aromatic nitrogens is 1. The number of rotatable bonds is 6. The molecule has 1 heterocycles. The summed E-state index contributed by atoms with van der Waals surface area (Å²) in [5.74, 6) is -5.74. The molecule has 1 aromatic heterocycles. The average molecular weight is 433 g/mol. The number of hydrogen-bond donors (Lipinski definition) is 2. The number of nitrogens with zero attached hydrogens (tertiary/aromatic N) is 1. The molecular weight excluding hydrogens is 415 g/mol. The number of carbonyl (C=O) groups is 2. The second kappa shape index (κ2) is 9.17. The third kappa shape index (κ3) is 4.91. The number of thioether (sulfide) groups is 1. The average Bonchev–Trinajstić information content (AvgIpc) is 2.72. The first-order valence-electron chi connectivity index (χ1n) is 9.00. The van der Waals surface area contributed by atoms with Crippen LogP contribution in [0.4, 0.5) is 18.9 Å². The highest BCUT2D eigenvalue weighted by atomic mass is 32.2. The summed E-state index contributed by atoms with van der Waals surface area (Å²) in [5, 5.41) is 5.67. The summed E-state index contributed by atoms with van der Waals surface area (Å²) in [4.78, 5) is 28.7. The van der Waals surface area contributed by atoms with Crippen LogP contribution in [0.5, 0.6) is 0 Å². The molecule has 0 radical (unpaired) electrons. The standard InChI is InChI=1S/C21H18F3N3O2S/c1-11-9-18(27-15-6-4-3-5-13(11)15)30-12(2)21(29)25-10-17(28)26-16-8-7-14(22)19(23)20(16)24/h3-9,12H,10H2,1-2H3,(H,25,29)(H,26,28)/t12-/m0/s1. The number of anilines is 1. The molecule has 0 unspecified atom stereocenters. The summed E-state index contributed by atoms with van der Waals surface area (Å²) in [7, 11) is 0. The summed E-state index contributed by atoms with van der Waals surface area (Å²) < 4.78 is 39.8. The third-order valence-corrected chi connectivity index (χ3v) is 5.32. The van der Waals surface area contributed by atoms with Gasteiger partial charge in [-0.15, -0.1) is 0 Å². The molecule has 0 aliphatic heterocycles. The number of pyridine rings is 1. The molecule has 0 saturated carbocycles. The monoisotopic (exact) mass is 433 g/mol. The van der Waals surface area contributed by atoms with Gasteiger partial charge in [0.05, 0.1) is 28.0 Å². The van der Waals surface area contributed by atoms with Crippen molar-refractivity contribution >= 4 is 40.2 Å². The Morgan fingerprint density at radius 2 is 1.83 bits per heavy atom. The lowest BCUT2D eigenvalue weighted by Gasteiger charge is -2.13. The molecule has 0 fully saturated rings. The molecule has 0 aliphatic rings. The van der Waals surface area contributed by atoms with Crippen LogP contribution in [-0.4, -0.2) is 28.6 Å². The maximum atomic E-state index is 13.6. The van der Waals surface area contributed by atoms with Gasteiger partial charge in [0.1, 0.15) is 0 Å². The fraction of sp³-hybridized carbons (Fsp3) is 0.190. The van der Waals surface area contributed by atoms with Crippen molar-refractivity contribution in [2.75, 3.05) is 11.9 Å². The van der Waals surface area contributed by atoms with Gasteiger partial charge in [-0.25, -0.2) is 18.2 Å². The van der Waals surface area contributed by atoms with Crippen molar-refractivity contribution in [2.45, 2.75) is 24.1 Å². The Kier molecular flexibility index (Phi) is 6.61. The molecule has 9 heteroatoms. The summed E-state index contributed by atoms with van der Waals surface area (Å²) >= 11 is 1.24. The first-order valence-corrected chi connectivity index (χ1v) is 9.88. The van der Waals surface area contributed by atoms with Gasteiger partial charge >= 0.3 is 0 Å². The number of benzene rings is 2. The molecule has 2 amide bonds. The highest BCUT2D eigenvalue weighted by molar-refractivity contribution is 8.00. The van der Waals surface area contributed by atoms with E-state index in [-0.39, 0.29) is 0 Å². The Labute approximate surface area is 175 Å². The maximum absolute atomic E-state index is 13.6. The molecule has 0 bridgehead atoms. The minimum absolute atomic E-state index is 0.423. The van der Waals surface area contributed by atoms with Crippen molar-refractivity contribution < 1.29 is 22.8 Å². The van der Waals surface area contributed by atoms with E-state index in [9.17, 15) is 22.8 Å². The molecule has 0 spiro atoms. The molecule has 0 saturated heterocycles. The van der Waals surface area contributed by atoms with Gasteiger partial charge in [0.25, 0.3) is 0 Å². The SMILES string of the molecule is Cc1cc(S[C@@H](C)C(=O)NCC(=O)Nc2ccc(F)c(F)c2F)nc2ccccc12. The van der Waals surface area contributed by atoms with Crippen molar-refractivity contribution in [3.63, 3.8) is 0 Å². The van der Waals surface area contributed by atoms with Gasteiger partial charge in [0.2, 0.25) is 11.8 Å². The minimum atomic E-state index is -1.68. The summed E-state index contributed by atoms with van der Waals surface area (Å²) in [5.41, 5.74) is 1.34. The maximum Gasteiger partial charge on any atom is 0.243 e. The van der Waals surface area contributed by atoms with Gasteiger partial charge in [-0.2, -0.15) is 0 Å². The zero-order valence-corrected chi connectivity index (χ0v) is 16.9. The van der Waals surface area contributed by atoms with E-state index in [2.05, 4.69) is 15.6 Å². The van der Waals surface area contributed by atoms with E-state index in [1.54, 1.807) is 6.92 Å². The van der Waals surface area contributed by atoms with E-state index in [4.69, 9.17) is 0 Å².